The van der Waals surface area contributed by atoms with E-state index in [9.17, 15) is 4.79 Å². The number of nitrogens with two attached hydrogens (primary N) is 1. The van der Waals surface area contributed by atoms with Crippen LogP contribution >= 0.6 is 11.3 Å². The second kappa shape index (κ2) is 5.26. The highest BCUT2D eigenvalue weighted by Crippen LogP contribution is 2.47. The van der Waals surface area contributed by atoms with Crippen molar-refractivity contribution >= 4 is 27.8 Å². The molecule has 0 aromatic carbocycles. The Kier molecular flexibility index (Phi) is 3.60. The number of nitrogen functional groups attached to an aromatic ring is 1. The summed E-state index contributed by atoms with van der Waals surface area (Å²) in [7, 11) is 3.75. The summed E-state index contributed by atoms with van der Waals surface area (Å²) in [5.74, 6) is 1.08. The molecule has 0 bridgehead atoms. The Balaban J connectivity index is 1.89. The van der Waals surface area contributed by atoms with E-state index in [1.54, 1.807) is 7.11 Å². The summed E-state index contributed by atoms with van der Waals surface area (Å²) in [6, 6.07) is 0. The van der Waals surface area contributed by atoms with Gasteiger partial charge in [-0.1, -0.05) is 0 Å². The second-order valence-corrected chi connectivity index (χ2v) is 6.61. The summed E-state index contributed by atoms with van der Waals surface area (Å²) in [4.78, 5) is 17.6. The molecule has 1 aliphatic carbocycles. The van der Waals surface area contributed by atoms with E-state index in [-0.39, 0.29) is 11.7 Å². The predicted octanol–water partition coefficient (Wildman–Crippen LogP) is 1.68. The van der Waals surface area contributed by atoms with Gasteiger partial charge in [-0.25, -0.2) is 0 Å². The molecular weight excluding hydrogens is 274 g/mol. The molecule has 20 heavy (non-hydrogen) atoms. The van der Waals surface area contributed by atoms with Crippen LogP contribution in [0.25, 0.3) is 0 Å². The molecule has 2 fully saturated rings. The van der Waals surface area contributed by atoms with E-state index in [4.69, 9.17) is 10.5 Å². The van der Waals surface area contributed by atoms with Crippen LogP contribution in [0.4, 0.5) is 10.7 Å². The number of rotatable bonds is 4. The van der Waals surface area contributed by atoms with Gasteiger partial charge >= 0.3 is 0 Å². The summed E-state index contributed by atoms with van der Waals surface area (Å²) in [6.07, 6.45) is 2.00. The van der Waals surface area contributed by atoms with E-state index in [1.807, 2.05) is 0 Å². The molecule has 1 aromatic rings. The number of methoxy groups -OCH3 is 1. The van der Waals surface area contributed by atoms with Crippen molar-refractivity contribution in [1.29, 1.82) is 0 Å². The van der Waals surface area contributed by atoms with E-state index >= 15 is 0 Å². The van der Waals surface area contributed by atoms with Gasteiger partial charge < -0.3 is 20.3 Å². The Bertz CT molecular complexity index is 517. The van der Waals surface area contributed by atoms with E-state index < -0.39 is 0 Å². The first kappa shape index (κ1) is 13.7. The third kappa shape index (κ3) is 2.38. The Morgan fingerprint density at radius 1 is 1.30 bits per heavy atom. The number of carbonyl (C=O) groups is 1. The van der Waals surface area contributed by atoms with Crippen LogP contribution in [0, 0.1) is 5.92 Å². The summed E-state index contributed by atoms with van der Waals surface area (Å²) in [5.41, 5.74) is 6.67. The Hall–Kier alpha value is -1.27. The summed E-state index contributed by atoms with van der Waals surface area (Å²) in [6.45, 7) is 3.94. The minimum Gasteiger partial charge on any atom is -0.492 e. The molecule has 0 spiro atoms. The number of ether oxygens (including phenoxy) is 1. The van der Waals surface area contributed by atoms with Gasteiger partial charge in [-0.3, -0.25) is 4.79 Å². The molecule has 3 rings (SSSR count). The minimum atomic E-state index is 0.195. The lowest BCUT2D eigenvalue weighted by Gasteiger charge is -2.33. The monoisotopic (exact) mass is 295 g/mol. The van der Waals surface area contributed by atoms with Crippen molar-refractivity contribution in [2.75, 3.05) is 51.0 Å². The molecule has 110 valence electrons. The Labute approximate surface area is 123 Å². The molecule has 1 aliphatic heterocycles. The highest BCUT2D eigenvalue weighted by atomic mass is 32.1. The molecule has 0 atom stereocenters. The molecule has 2 aliphatic rings. The maximum atomic E-state index is 12.3. The number of carbonyl (C=O) groups excluding carboxylic acids is 1. The van der Waals surface area contributed by atoms with E-state index in [1.165, 1.54) is 11.3 Å². The van der Waals surface area contributed by atoms with Crippen LogP contribution in [0.5, 0.6) is 5.75 Å². The number of piperazine rings is 1. The molecule has 0 amide bonds. The lowest BCUT2D eigenvalue weighted by Crippen LogP contribution is -2.44. The molecule has 5 nitrogen and oxygen atoms in total. The van der Waals surface area contributed by atoms with Crippen molar-refractivity contribution in [2.24, 2.45) is 5.92 Å². The first-order valence-electron chi connectivity index (χ1n) is 7.05. The lowest BCUT2D eigenvalue weighted by molar-refractivity contribution is 0.0972. The highest BCUT2D eigenvalue weighted by molar-refractivity contribution is 7.19. The smallest absolute Gasteiger partial charge is 0.178 e. The van der Waals surface area contributed by atoms with Gasteiger partial charge in [0.1, 0.15) is 5.00 Å². The van der Waals surface area contributed by atoms with Crippen molar-refractivity contribution in [3.05, 3.63) is 4.88 Å². The third-order valence-corrected chi connectivity index (χ3v) is 5.31. The van der Waals surface area contributed by atoms with Crippen molar-refractivity contribution in [3.8, 4) is 5.75 Å². The van der Waals surface area contributed by atoms with Crippen molar-refractivity contribution in [3.63, 3.8) is 0 Å². The zero-order valence-corrected chi connectivity index (χ0v) is 12.8. The molecule has 0 radical (unpaired) electrons. The number of anilines is 2. The van der Waals surface area contributed by atoms with E-state index in [0.717, 1.165) is 44.0 Å². The zero-order valence-electron chi connectivity index (χ0n) is 12.0. The molecule has 1 saturated heterocycles. The van der Waals surface area contributed by atoms with Crippen LogP contribution in [0.2, 0.25) is 0 Å². The summed E-state index contributed by atoms with van der Waals surface area (Å²) < 4.78 is 5.47. The van der Waals surface area contributed by atoms with Gasteiger partial charge in [-0.2, -0.15) is 0 Å². The van der Waals surface area contributed by atoms with E-state index in [0.29, 0.717) is 16.3 Å². The molecule has 1 aromatic heterocycles. The SMILES string of the molecule is COc1c(N2CCN(C)CC2)sc(C(=O)C2CC2)c1N. The van der Waals surface area contributed by atoms with Crippen molar-refractivity contribution < 1.29 is 9.53 Å². The van der Waals surface area contributed by atoms with Gasteiger partial charge in [0.2, 0.25) is 0 Å². The highest BCUT2D eigenvalue weighted by Gasteiger charge is 2.35. The molecule has 0 unspecified atom stereocenters. The number of Topliss-reactive ketones (excluding diaryl/α,β-unsaturated/α-hetero) is 1. The molecule has 1 saturated carbocycles. The Morgan fingerprint density at radius 2 is 1.95 bits per heavy atom. The zero-order chi connectivity index (χ0) is 14.3. The maximum absolute atomic E-state index is 12.3. The number of hydrogen-bond donors (Lipinski definition) is 1. The first-order chi connectivity index (χ1) is 9.61. The van der Waals surface area contributed by atoms with E-state index in [2.05, 4.69) is 16.8 Å². The Morgan fingerprint density at radius 3 is 2.50 bits per heavy atom. The number of thiophene rings is 1. The molecular formula is C14H21N3O2S. The molecule has 2 heterocycles. The fourth-order valence-corrected chi connectivity index (χ4v) is 3.81. The van der Waals surface area contributed by atoms with Crippen LogP contribution in [-0.2, 0) is 0 Å². The third-order valence-electron chi connectivity index (χ3n) is 4.05. The average molecular weight is 295 g/mol. The molecule has 2 N–H and O–H groups in total. The van der Waals surface area contributed by atoms with Crippen LogP contribution < -0.4 is 15.4 Å². The fraction of sp³-hybridized carbons (Fsp3) is 0.643. The lowest BCUT2D eigenvalue weighted by atomic mass is 10.2. The van der Waals surface area contributed by atoms with Gasteiger partial charge in [0.15, 0.2) is 11.5 Å². The van der Waals surface area contributed by atoms with Gasteiger partial charge in [0.05, 0.1) is 17.7 Å². The standard InChI is InChI=1S/C14H21N3O2S/c1-16-5-7-17(8-6-16)14-12(19-2)10(15)13(20-14)11(18)9-3-4-9/h9H,3-8,15H2,1-2H3. The molecule has 6 heteroatoms. The topological polar surface area (TPSA) is 58.8 Å². The minimum absolute atomic E-state index is 0.195. The number of likely N-dealkylation sites (N-methyl/N-ethyl adjacent to an activating group) is 1. The number of hydrogen-bond acceptors (Lipinski definition) is 6. The predicted molar refractivity (Wildman–Crippen MR) is 82.0 cm³/mol. The number of nitrogens with zero attached hydrogens (tertiary/aromatic N) is 2. The summed E-state index contributed by atoms with van der Waals surface area (Å²) >= 11 is 1.50. The first-order valence-corrected chi connectivity index (χ1v) is 7.87. The van der Waals surface area contributed by atoms with Crippen LogP contribution in [0.3, 0.4) is 0 Å². The van der Waals surface area contributed by atoms with Gasteiger partial charge in [0, 0.05) is 32.1 Å². The van der Waals surface area contributed by atoms with Crippen LogP contribution in [0.15, 0.2) is 0 Å². The van der Waals surface area contributed by atoms with Crippen LogP contribution in [0.1, 0.15) is 22.5 Å². The van der Waals surface area contributed by atoms with Crippen molar-refractivity contribution in [1.82, 2.24) is 4.90 Å². The average Bonchev–Trinajstić information content (AvgIpc) is 3.23. The maximum Gasteiger partial charge on any atom is 0.178 e. The van der Waals surface area contributed by atoms with Crippen molar-refractivity contribution in [2.45, 2.75) is 12.8 Å². The van der Waals surface area contributed by atoms with Crippen LogP contribution in [-0.4, -0.2) is 51.0 Å². The normalized spacial score (nSPS) is 20.2. The summed E-state index contributed by atoms with van der Waals surface area (Å²) in [5, 5.41) is 1.02. The second-order valence-electron chi connectivity index (χ2n) is 5.61. The quantitative estimate of drug-likeness (QED) is 0.857. The largest absolute Gasteiger partial charge is 0.492 e. The fourth-order valence-electron chi connectivity index (χ4n) is 2.55. The van der Waals surface area contributed by atoms with Gasteiger partial charge in [0.25, 0.3) is 0 Å². The van der Waals surface area contributed by atoms with Gasteiger partial charge in [-0.05, 0) is 19.9 Å². The van der Waals surface area contributed by atoms with Gasteiger partial charge in [-0.15, -0.1) is 11.3 Å². The number of ketones is 1.